The lowest BCUT2D eigenvalue weighted by Crippen LogP contribution is -2.06. The Morgan fingerprint density at radius 3 is 2.16 bits per heavy atom. The highest BCUT2D eigenvalue weighted by atomic mass is 32.1. The van der Waals surface area contributed by atoms with Gasteiger partial charge in [0.15, 0.2) is 0 Å². The maximum absolute atomic E-state index is 5.62. The molecule has 4 aromatic heterocycles. The van der Waals surface area contributed by atoms with Gasteiger partial charge in [-0.2, -0.15) is 0 Å². The number of nitrogens with zero attached hydrogens (tertiary/aromatic N) is 4. The fraction of sp³-hybridized carbons (Fsp3) is 0.0455. The second kappa shape index (κ2) is 10.2. The number of hydrogen-bond acceptors (Lipinski definition) is 3. The van der Waals surface area contributed by atoms with Gasteiger partial charge in [0.1, 0.15) is 4.83 Å². The fourth-order valence-electron chi connectivity index (χ4n) is 8.14. The Kier molecular flexibility index (Phi) is 5.63. The van der Waals surface area contributed by atoms with Gasteiger partial charge < -0.3 is 4.57 Å². The van der Waals surface area contributed by atoms with Crippen molar-refractivity contribution in [1.82, 2.24) is 19.1 Å². The van der Waals surface area contributed by atoms with E-state index < -0.39 is 0 Å². The summed E-state index contributed by atoms with van der Waals surface area (Å²) in [6.45, 7) is 0. The van der Waals surface area contributed by atoms with Gasteiger partial charge in [-0.05, 0) is 53.6 Å². The third-order valence-electron chi connectivity index (χ3n) is 10.2. The molecule has 1 aliphatic rings. The van der Waals surface area contributed by atoms with Crippen molar-refractivity contribution in [2.24, 2.45) is 0 Å². The molecule has 10 aromatic rings. The van der Waals surface area contributed by atoms with Crippen molar-refractivity contribution in [3.05, 3.63) is 152 Å². The maximum atomic E-state index is 5.62. The van der Waals surface area contributed by atoms with E-state index in [2.05, 4.69) is 161 Å². The molecule has 4 heterocycles. The number of benzene rings is 6. The molecule has 0 saturated heterocycles. The molecule has 0 aliphatic heterocycles. The molecule has 1 aliphatic carbocycles. The van der Waals surface area contributed by atoms with Gasteiger partial charge in [-0.3, -0.25) is 4.57 Å². The van der Waals surface area contributed by atoms with Crippen molar-refractivity contribution in [3.63, 3.8) is 0 Å². The van der Waals surface area contributed by atoms with Crippen LogP contribution in [0, 0.1) is 0 Å². The summed E-state index contributed by atoms with van der Waals surface area (Å²) in [6.07, 6.45) is 9.87. The van der Waals surface area contributed by atoms with Crippen LogP contribution in [0.3, 0.4) is 0 Å². The average Bonchev–Trinajstić information content (AvgIpc) is 3.81. The van der Waals surface area contributed by atoms with Crippen molar-refractivity contribution >= 4 is 86.0 Å². The third kappa shape index (κ3) is 3.85. The van der Waals surface area contributed by atoms with E-state index in [1.807, 2.05) is 0 Å². The zero-order valence-electron chi connectivity index (χ0n) is 26.4. The van der Waals surface area contributed by atoms with Gasteiger partial charge in [-0.15, -0.1) is 11.3 Å². The molecule has 0 N–H and O–H groups in total. The van der Waals surface area contributed by atoms with E-state index in [1.54, 1.807) is 11.3 Å². The highest BCUT2D eigenvalue weighted by Crippen LogP contribution is 2.45. The first-order valence-corrected chi connectivity index (χ1v) is 17.6. The Morgan fingerprint density at radius 2 is 1.31 bits per heavy atom. The van der Waals surface area contributed by atoms with E-state index in [1.165, 1.54) is 53.4 Å². The Balaban J connectivity index is 1.28. The number of thiophene rings is 1. The minimum Gasteiger partial charge on any atom is -0.333 e. The Hall–Kier alpha value is -6.04. The molecule has 230 valence electrons. The quantitative estimate of drug-likeness (QED) is 0.192. The van der Waals surface area contributed by atoms with E-state index in [0.717, 1.165) is 38.9 Å². The minimum atomic E-state index is 0.248. The molecule has 1 unspecified atom stereocenters. The van der Waals surface area contributed by atoms with E-state index >= 15 is 0 Å². The monoisotopic (exact) mass is 644 g/mol. The van der Waals surface area contributed by atoms with Crippen molar-refractivity contribution in [2.45, 2.75) is 12.5 Å². The zero-order chi connectivity index (χ0) is 32.1. The second-order valence-corrected chi connectivity index (χ2v) is 14.0. The Morgan fingerprint density at radius 1 is 0.571 bits per heavy atom. The van der Waals surface area contributed by atoms with Gasteiger partial charge in [-0.25, -0.2) is 9.97 Å². The van der Waals surface area contributed by atoms with E-state index in [9.17, 15) is 0 Å². The van der Waals surface area contributed by atoms with E-state index in [-0.39, 0.29) is 6.04 Å². The number of rotatable bonds is 3. The number of hydrogen-bond donors (Lipinski definition) is 0. The first-order chi connectivity index (χ1) is 24.3. The highest BCUT2D eigenvalue weighted by molar-refractivity contribution is 7.25. The van der Waals surface area contributed by atoms with Crippen molar-refractivity contribution in [3.8, 4) is 17.2 Å². The van der Waals surface area contributed by atoms with E-state index in [0.29, 0.717) is 5.95 Å². The lowest BCUT2D eigenvalue weighted by atomic mass is 10.0. The van der Waals surface area contributed by atoms with Crippen LogP contribution in [0.5, 0.6) is 0 Å². The summed E-state index contributed by atoms with van der Waals surface area (Å²) in [4.78, 5) is 12.0. The van der Waals surface area contributed by atoms with Gasteiger partial charge in [0.25, 0.3) is 0 Å². The summed E-state index contributed by atoms with van der Waals surface area (Å²) in [7, 11) is 0. The van der Waals surface area contributed by atoms with Crippen LogP contribution in [0.1, 0.15) is 12.5 Å². The van der Waals surface area contributed by atoms with Crippen LogP contribution in [0.4, 0.5) is 0 Å². The van der Waals surface area contributed by atoms with Crippen LogP contribution in [-0.2, 0) is 0 Å². The lowest BCUT2D eigenvalue weighted by Gasteiger charge is -2.18. The standard InChI is InChI=1S/C44H28N4S/c1-2-15-29(16-3-1)47-36-22-10-7-18-31(36)40-33(20-12-23-37(40)47)42-41-32-19-8-11-24-39(32)49-43(41)46-44(45-42)48-35-21-9-6-17-30(35)34-25-27-13-4-5-14-28(27)26-38(34)48/h1-15,17-26,29H,16H2. The second-order valence-electron chi connectivity index (χ2n) is 12.9. The zero-order valence-corrected chi connectivity index (χ0v) is 27.2. The normalized spacial score (nSPS) is 14.9. The summed E-state index contributed by atoms with van der Waals surface area (Å²) in [5.41, 5.74) is 6.78. The van der Waals surface area contributed by atoms with Gasteiger partial charge in [0, 0.05) is 48.1 Å². The molecule has 49 heavy (non-hydrogen) atoms. The average molecular weight is 645 g/mol. The minimum absolute atomic E-state index is 0.248. The fourth-order valence-corrected chi connectivity index (χ4v) is 9.21. The maximum Gasteiger partial charge on any atom is 0.236 e. The van der Waals surface area contributed by atoms with Crippen molar-refractivity contribution in [2.75, 3.05) is 0 Å². The number of allylic oxidation sites excluding steroid dienone is 4. The summed E-state index contributed by atoms with van der Waals surface area (Å²) in [5, 5.41) is 9.61. The van der Waals surface area contributed by atoms with Crippen LogP contribution >= 0.6 is 11.3 Å². The predicted molar refractivity (Wildman–Crippen MR) is 207 cm³/mol. The van der Waals surface area contributed by atoms with Gasteiger partial charge in [0.05, 0.1) is 28.3 Å². The molecule has 0 spiro atoms. The summed E-state index contributed by atoms with van der Waals surface area (Å²) in [5.74, 6) is 0.691. The molecular weight excluding hydrogens is 617 g/mol. The van der Waals surface area contributed by atoms with Gasteiger partial charge >= 0.3 is 0 Å². The molecule has 4 nitrogen and oxygen atoms in total. The molecule has 5 heteroatoms. The largest absolute Gasteiger partial charge is 0.333 e. The van der Waals surface area contributed by atoms with Crippen LogP contribution in [0.2, 0.25) is 0 Å². The molecule has 0 radical (unpaired) electrons. The Bertz CT molecular complexity index is 3040. The molecule has 0 saturated carbocycles. The van der Waals surface area contributed by atoms with E-state index in [4.69, 9.17) is 9.97 Å². The SMILES string of the molecule is C1=CCC(n2c3ccccc3c3c(-c4nc(-n5c6ccccc6c6cc7ccccc7cc65)nc5sc6ccccc6c45)cccc32)C=C1. The van der Waals surface area contributed by atoms with Crippen LogP contribution < -0.4 is 0 Å². The molecule has 0 fully saturated rings. The van der Waals surface area contributed by atoms with Crippen LogP contribution in [0.25, 0.3) is 91.9 Å². The first-order valence-electron chi connectivity index (χ1n) is 16.8. The van der Waals surface area contributed by atoms with Crippen molar-refractivity contribution < 1.29 is 0 Å². The summed E-state index contributed by atoms with van der Waals surface area (Å²) < 4.78 is 6.00. The van der Waals surface area contributed by atoms with Crippen LogP contribution in [-0.4, -0.2) is 19.1 Å². The van der Waals surface area contributed by atoms with Crippen molar-refractivity contribution in [1.29, 1.82) is 0 Å². The number of aromatic nitrogens is 4. The highest BCUT2D eigenvalue weighted by Gasteiger charge is 2.24. The Labute approximate surface area is 285 Å². The molecular formula is C44H28N4S. The number of fused-ring (bicyclic) bond motifs is 10. The molecule has 11 rings (SSSR count). The lowest BCUT2D eigenvalue weighted by molar-refractivity contribution is 0.648. The third-order valence-corrected chi connectivity index (χ3v) is 11.3. The summed E-state index contributed by atoms with van der Waals surface area (Å²) >= 11 is 1.75. The van der Waals surface area contributed by atoms with Crippen LogP contribution in [0.15, 0.2) is 152 Å². The molecule has 6 aromatic carbocycles. The molecule has 1 atom stereocenters. The van der Waals surface area contributed by atoms with Gasteiger partial charge in [-0.1, -0.05) is 115 Å². The topological polar surface area (TPSA) is 35.6 Å². The summed E-state index contributed by atoms with van der Waals surface area (Å²) in [6, 6.07) is 46.3. The molecule has 0 bridgehead atoms. The predicted octanol–water partition coefficient (Wildman–Crippen LogP) is 11.9. The molecule has 0 amide bonds. The smallest absolute Gasteiger partial charge is 0.236 e. The van der Waals surface area contributed by atoms with Gasteiger partial charge in [0.2, 0.25) is 5.95 Å². The number of para-hydroxylation sites is 2. The first kappa shape index (κ1) is 27.0.